The number of para-hydroxylation sites is 1. The highest BCUT2D eigenvalue weighted by molar-refractivity contribution is 5.50. The van der Waals surface area contributed by atoms with Gasteiger partial charge >= 0.3 is 0 Å². The summed E-state index contributed by atoms with van der Waals surface area (Å²) >= 11 is 0. The van der Waals surface area contributed by atoms with Crippen LogP contribution in [0.3, 0.4) is 0 Å². The van der Waals surface area contributed by atoms with Crippen LogP contribution >= 0.6 is 0 Å². The number of hydrogen-bond donors (Lipinski definition) is 1. The predicted molar refractivity (Wildman–Crippen MR) is 80.9 cm³/mol. The van der Waals surface area contributed by atoms with E-state index >= 15 is 0 Å². The highest BCUT2D eigenvalue weighted by Crippen LogP contribution is 2.21. The van der Waals surface area contributed by atoms with Crippen LogP contribution in [0.5, 0.6) is 5.88 Å². The first kappa shape index (κ1) is 14.1. The van der Waals surface area contributed by atoms with Crippen LogP contribution < -0.4 is 15.4 Å². The number of anilines is 2. The zero-order chi connectivity index (χ0) is 14.5. The summed E-state index contributed by atoms with van der Waals surface area (Å²) in [5.74, 6) is 2.12. The fourth-order valence-corrected chi connectivity index (χ4v) is 2.03. The van der Waals surface area contributed by atoms with Gasteiger partial charge in [0.1, 0.15) is 11.6 Å². The normalized spacial score (nSPS) is 10.3. The number of nitrogens with zero attached hydrogens (tertiary/aromatic N) is 3. The van der Waals surface area contributed by atoms with Gasteiger partial charge in [-0.25, -0.2) is 4.98 Å². The lowest BCUT2D eigenvalue weighted by atomic mass is 10.1. The monoisotopic (exact) mass is 272 g/mol. The predicted octanol–water partition coefficient (Wildman–Crippen LogP) is 2.40. The maximum atomic E-state index is 6.00. The number of hydrogen-bond acceptors (Lipinski definition) is 5. The third kappa shape index (κ3) is 3.17. The van der Waals surface area contributed by atoms with Gasteiger partial charge in [-0.05, 0) is 25.5 Å². The molecule has 0 bridgehead atoms. The van der Waals surface area contributed by atoms with Gasteiger partial charge < -0.3 is 15.4 Å². The molecule has 5 nitrogen and oxygen atoms in total. The quantitative estimate of drug-likeness (QED) is 0.847. The number of ether oxygens (including phenoxy) is 1. The SMILES string of the molecule is CCN(Cc1ccccc1N)c1cc(OC)nc(C)n1. The molecule has 106 valence electrons. The Balaban J connectivity index is 2.28. The molecule has 1 aromatic carbocycles. The van der Waals surface area contributed by atoms with E-state index in [1.165, 1.54) is 0 Å². The van der Waals surface area contributed by atoms with Gasteiger partial charge in [0.05, 0.1) is 7.11 Å². The smallest absolute Gasteiger partial charge is 0.218 e. The maximum absolute atomic E-state index is 6.00. The van der Waals surface area contributed by atoms with E-state index in [9.17, 15) is 0 Å². The average molecular weight is 272 g/mol. The van der Waals surface area contributed by atoms with Gasteiger partial charge in [0.2, 0.25) is 5.88 Å². The number of methoxy groups -OCH3 is 1. The van der Waals surface area contributed by atoms with Crippen LogP contribution in [0.15, 0.2) is 30.3 Å². The van der Waals surface area contributed by atoms with Gasteiger partial charge in [0.15, 0.2) is 0 Å². The number of aromatic nitrogens is 2. The molecule has 0 aliphatic rings. The molecule has 0 saturated carbocycles. The molecule has 5 heteroatoms. The fraction of sp³-hybridized carbons (Fsp3) is 0.333. The fourth-order valence-electron chi connectivity index (χ4n) is 2.03. The summed E-state index contributed by atoms with van der Waals surface area (Å²) in [6, 6.07) is 9.71. The van der Waals surface area contributed by atoms with E-state index < -0.39 is 0 Å². The van der Waals surface area contributed by atoms with Crippen LogP contribution in [-0.2, 0) is 6.54 Å². The summed E-state index contributed by atoms with van der Waals surface area (Å²) in [6.45, 7) is 5.48. The molecular formula is C15H20N4O. The van der Waals surface area contributed by atoms with Gasteiger partial charge in [0, 0.05) is 24.8 Å². The third-order valence-corrected chi connectivity index (χ3v) is 3.13. The molecule has 2 N–H and O–H groups in total. The summed E-state index contributed by atoms with van der Waals surface area (Å²) in [7, 11) is 1.61. The van der Waals surface area contributed by atoms with Crippen molar-refractivity contribution in [3.05, 3.63) is 41.7 Å². The van der Waals surface area contributed by atoms with E-state index in [0.717, 1.165) is 23.6 Å². The molecule has 1 aromatic heterocycles. The Hall–Kier alpha value is -2.30. The molecule has 2 aromatic rings. The highest BCUT2D eigenvalue weighted by Gasteiger charge is 2.11. The van der Waals surface area contributed by atoms with E-state index in [1.54, 1.807) is 7.11 Å². The molecule has 20 heavy (non-hydrogen) atoms. The average Bonchev–Trinajstić information content (AvgIpc) is 2.45. The summed E-state index contributed by atoms with van der Waals surface area (Å²) in [4.78, 5) is 10.8. The Morgan fingerprint density at radius 3 is 2.65 bits per heavy atom. The van der Waals surface area contributed by atoms with Crippen LogP contribution in [0.4, 0.5) is 11.5 Å². The van der Waals surface area contributed by atoms with Crippen LogP contribution in [-0.4, -0.2) is 23.6 Å². The molecule has 2 rings (SSSR count). The minimum atomic E-state index is 0.576. The Bertz CT molecular complexity index is 586. The Kier molecular flexibility index (Phi) is 4.40. The van der Waals surface area contributed by atoms with Gasteiger partial charge in [-0.3, -0.25) is 0 Å². The number of aryl methyl sites for hydroxylation is 1. The number of rotatable bonds is 5. The van der Waals surface area contributed by atoms with Gasteiger partial charge in [-0.2, -0.15) is 4.98 Å². The van der Waals surface area contributed by atoms with Gasteiger partial charge in [-0.1, -0.05) is 18.2 Å². The molecule has 0 fully saturated rings. The summed E-state index contributed by atoms with van der Waals surface area (Å²) < 4.78 is 5.20. The molecule has 0 spiro atoms. The van der Waals surface area contributed by atoms with Crippen molar-refractivity contribution in [2.24, 2.45) is 0 Å². The van der Waals surface area contributed by atoms with Crippen molar-refractivity contribution in [3.63, 3.8) is 0 Å². The molecule has 0 radical (unpaired) electrons. The second-order valence-corrected chi connectivity index (χ2v) is 4.53. The van der Waals surface area contributed by atoms with Crippen molar-refractivity contribution in [1.82, 2.24) is 9.97 Å². The topological polar surface area (TPSA) is 64.3 Å². The lowest BCUT2D eigenvalue weighted by Gasteiger charge is -2.23. The van der Waals surface area contributed by atoms with Gasteiger partial charge in [0.25, 0.3) is 0 Å². The molecule has 1 heterocycles. The first-order chi connectivity index (χ1) is 9.63. The second kappa shape index (κ2) is 6.23. The maximum Gasteiger partial charge on any atom is 0.218 e. The number of nitrogens with two attached hydrogens (primary N) is 1. The standard InChI is InChI=1S/C15H20N4O/c1-4-19(10-12-7-5-6-8-13(12)16)14-9-15(20-3)18-11(2)17-14/h5-9H,4,10,16H2,1-3H3. The summed E-state index contributed by atoms with van der Waals surface area (Å²) in [6.07, 6.45) is 0. The van der Waals surface area contributed by atoms with E-state index in [2.05, 4.69) is 21.8 Å². The molecule has 0 unspecified atom stereocenters. The van der Waals surface area contributed by atoms with Crippen LogP contribution in [0.25, 0.3) is 0 Å². The van der Waals surface area contributed by atoms with Crippen LogP contribution in [0.2, 0.25) is 0 Å². The molecule has 0 aliphatic carbocycles. The first-order valence-corrected chi connectivity index (χ1v) is 6.62. The van der Waals surface area contributed by atoms with Crippen molar-refractivity contribution in [2.75, 3.05) is 24.3 Å². The first-order valence-electron chi connectivity index (χ1n) is 6.62. The van der Waals surface area contributed by atoms with Crippen molar-refractivity contribution < 1.29 is 4.74 Å². The minimum Gasteiger partial charge on any atom is -0.481 e. The molecule has 0 aliphatic heterocycles. The second-order valence-electron chi connectivity index (χ2n) is 4.53. The number of nitrogen functional groups attached to an aromatic ring is 1. The Morgan fingerprint density at radius 2 is 2.00 bits per heavy atom. The summed E-state index contributed by atoms with van der Waals surface area (Å²) in [5, 5.41) is 0. The zero-order valence-electron chi connectivity index (χ0n) is 12.1. The molecule has 0 amide bonds. The van der Waals surface area contributed by atoms with Crippen LogP contribution in [0, 0.1) is 6.92 Å². The molecule has 0 atom stereocenters. The zero-order valence-corrected chi connectivity index (χ0v) is 12.1. The highest BCUT2D eigenvalue weighted by atomic mass is 16.5. The molecule has 0 saturated heterocycles. The van der Waals surface area contributed by atoms with Crippen molar-refractivity contribution in [1.29, 1.82) is 0 Å². The largest absolute Gasteiger partial charge is 0.481 e. The lowest BCUT2D eigenvalue weighted by molar-refractivity contribution is 0.395. The minimum absolute atomic E-state index is 0.576. The van der Waals surface area contributed by atoms with E-state index in [4.69, 9.17) is 10.5 Å². The van der Waals surface area contributed by atoms with Crippen molar-refractivity contribution in [2.45, 2.75) is 20.4 Å². The van der Waals surface area contributed by atoms with E-state index in [0.29, 0.717) is 18.2 Å². The summed E-state index contributed by atoms with van der Waals surface area (Å²) in [5.41, 5.74) is 7.89. The van der Waals surface area contributed by atoms with Gasteiger partial charge in [-0.15, -0.1) is 0 Å². The molecular weight excluding hydrogens is 252 g/mol. The Labute approximate surface area is 119 Å². The van der Waals surface area contributed by atoms with Crippen LogP contribution in [0.1, 0.15) is 18.3 Å². The van der Waals surface area contributed by atoms with E-state index in [1.807, 2.05) is 37.3 Å². The van der Waals surface area contributed by atoms with Crippen molar-refractivity contribution >= 4 is 11.5 Å². The van der Waals surface area contributed by atoms with E-state index in [-0.39, 0.29) is 0 Å². The Morgan fingerprint density at radius 1 is 1.25 bits per heavy atom. The number of benzene rings is 1. The third-order valence-electron chi connectivity index (χ3n) is 3.13. The van der Waals surface area contributed by atoms with Crippen molar-refractivity contribution in [3.8, 4) is 5.88 Å². The lowest BCUT2D eigenvalue weighted by Crippen LogP contribution is -2.24.